The molecule has 50 valence electrons. The molecule has 0 aromatic carbocycles. The molecule has 0 aliphatic rings. The van der Waals surface area contributed by atoms with Crippen molar-refractivity contribution in [2.75, 3.05) is 6.58 Å². The van der Waals surface area contributed by atoms with Gasteiger partial charge in [-0.1, -0.05) is 32.6 Å². The van der Waals surface area contributed by atoms with E-state index in [0.717, 1.165) is 12.8 Å². The molecule has 0 aromatic rings. The van der Waals surface area contributed by atoms with Gasteiger partial charge >= 0.3 is 0 Å². The van der Waals surface area contributed by atoms with Gasteiger partial charge in [0.15, 0.2) is 0 Å². The van der Waals surface area contributed by atoms with Crippen LogP contribution in [0.25, 0.3) is 0 Å². The number of rotatable bonds is 5. The summed E-state index contributed by atoms with van der Waals surface area (Å²) in [5.74, 6) is 0. The normalized spacial score (nSPS) is 15.5. The molecule has 0 spiro atoms. The minimum absolute atomic E-state index is 0.639. The van der Waals surface area contributed by atoms with E-state index in [0.29, 0.717) is 6.42 Å². The smallest absolute Gasteiger partial charge is 0.0564 e. The Morgan fingerprint density at radius 1 is 1.25 bits per heavy atom. The van der Waals surface area contributed by atoms with E-state index in [4.69, 9.17) is 6.48 Å². The SMILES string of the molecule is [2H]C(O)CCCCCC. The molecule has 1 heteroatoms. The molecular formula is C7H16O. The highest BCUT2D eigenvalue weighted by atomic mass is 16.2. The monoisotopic (exact) mass is 117 g/mol. The van der Waals surface area contributed by atoms with Gasteiger partial charge in [0.1, 0.15) is 0 Å². The zero-order chi connectivity index (χ0) is 7.11. The van der Waals surface area contributed by atoms with Crippen LogP contribution in [0.1, 0.15) is 40.4 Å². The van der Waals surface area contributed by atoms with Crippen molar-refractivity contribution in [1.29, 1.82) is 0 Å². The third-order valence-corrected chi connectivity index (χ3v) is 1.19. The molecule has 0 aliphatic carbocycles. The maximum atomic E-state index is 8.52. The Balaban J connectivity index is 2.75. The lowest BCUT2D eigenvalue weighted by molar-refractivity contribution is 0.282. The Bertz CT molecular complexity index is 54.9. The largest absolute Gasteiger partial charge is 0.396 e. The highest BCUT2D eigenvalue weighted by Crippen LogP contribution is 2.00. The first-order valence-corrected chi connectivity index (χ1v) is 3.37. The standard InChI is InChI=1S/C7H16O/c1-2-3-4-5-6-7-8/h8H,2-7H2,1H3/i7D. The van der Waals surface area contributed by atoms with Crippen molar-refractivity contribution in [3.05, 3.63) is 0 Å². The third kappa shape index (κ3) is 5.96. The summed E-state index contributed by atoms with van der Waals surface area (Å²) in [6.07, 6.45) is 5.24. The molecule has 0 radical (unpaired) electrons. The molecule has 1 atom stereocenters. The molecule has 1 nitrogen and oxygen atoms in total. The van der Waals surface area contributed by atoms with E-state index < -0.39 is 6.58 Å². The maximum absolute atomic E-state index is 8.52. The molecule has 0 aromatic heterocycles. The zero-order valence-electron chi connectivity index (χ0n) is 6.56. The summed E-state index contributed by atoms with van der Waals surface area (Å²) in [5, 5.41) is 8.52. The number of aliphatic hydroxyl groups excluding tert-OH is 1. The number of hydrogen-bond acceptors (Lipinski definition) is 1. The van der Waals surface area contributed by atoms with E-state index in [-0.39, 0.29) is 0 Å². The van der Waals surface area contributed by atoms with Crippen LogP contribution < -0.4 is 0 Å². The second kappa shape index (κ2) is 6.96. The summed E-state index contributed by atoms with van der Waals surface area (Å²) in [7, 11) is 0. The highest BCUT2D eigenvalue weighted by Gasteiger charge is 1.84. The van der Waals surface area contributed by atoms with E-state index in [1.807, 2.05) is 0 Å². The van der Waals surface area contributed by atoms with Crippen molar-refractivity contribution in [1.82, 2.24) is 0 Å². The lowest BCUT2D eigenvalue weighted by atomic mass is 10.2. The summed E-state index contributed by atoms with van der Waals surface area (Å²) in [6.45, 7) is 1.30. The van der Waals surface area contributed by atoms with Gasteiger partial charge in [-0.25, -0.2) is 0 Å². The van der Waals surface area contributed by atoms with Crippen molar-refractivity contribution >= 4 is 0 Å². The van der Waals surface area contributed by atoms with E-state index in [1.54, 1.807) is 0 Å². The van der Waals surface area contributed by atoms with Crippen LogP contribution in [0.4, 0.5) is 0 Å². The summed E-state index contributed by atoms with van der Waals surface area (Å²) in [4.78, 5) is 0. The van der Waals surface area contributed by atoms with Gasteiger partial charge in [-0.15, -0.1) is 0 Å². The first-order valence-electron chi connectivity index (χ1n) is 3.95. The Morgan fingerprint density at radius 3 is 2.38 bits per heavy atom. The van der Waals surface area contributed by atoms with Gasteiger partial charge in [0, 0.05) is 6.58 Å². The average molecular weight is 117 g/mol. The van der Waals surface area contributed by atoms with Crippen LogP contribution in [0.3, 0.4) is 0 Å². The topological polar surface area (TPSA) is 20.2 Å². The van der Waals surface area contributed by atoms with Crippen LogP contribution in [0.2, 0.25) is 0 Å². The van der Waals surface area contributed by atoms with Crippen LogP contribution in [0, 0.1) is 0 Å². The fourth-order valence-corrected chi connectivity index (χ4v) is 0.662. The van der Waals surface area contributed by atoms with Crippen LogP contribution in [0.5, 0.6) is 0 Å². The van der Waals surface area contributed by atoms with Crippen molar-refractivity contribution < 1.29 is 6.48 Å². The molecule has 1 unspecified atom stereocenters. The summed E-state index contributed by atoms with van der Waals surface area (Å²) >= 11 is 0. The molecule has 0 saturated heterocycles. The first-order chi connectivity index (χ1) is 4.27. The number of hydrogen-bond donors (Lipinski definition) is 1. The summed E-state index contributed by atoms with van der Waals surface area (Å²) < 4.78 is 6.77. The first kappa shape index (κ1) is 6.09. The molecule has 8 heavy (non-hydrogen) atoms. The van der Waals surface area contributed by atoms with E-state index in [9.17, 15) is 0 Å². The van der Waals surface area contributed by atoms with Crippen molar-refractivity contribution in [2.24, 2.45) is 0 Å². The predicted octanol–water partition coefficient (Wildman–Crippen LogP) is 1.95. The third-order valence-electron chi connectivity index (χ3n) is 1.19. The molecule has 0 fully saturated rings. The lowest BCUT2D eigenvalue weighted by Gasteiger charge is -1.93. The van der Waals surface area contributed by atoms with E-state index in [2.05, 4.69) is 6.92 Å². The second-order valence-corrected chi connectivity index (χ2v) is 2.03. The minimum atomic E-state index is -0.846. The second-order valence-electron chi connectivity index (χ2n) is 2.03. The van der Waals surface area contributed by atoms with Gasteiger partial charge in [0.2, 0.25) is 0 Å². The molecule has 0 rings (SSSR count). The zero-order valence-corrected chi connectivity index (χ0v) is 5.56. The highest BCUT2D eigenvalue weighted by molar-refractivity contribution is 4.39. The number of unbranched alkanes of at least 4 members (excludes halogenated alkanes) is 3. The Morgan fingerprint density at radius 2 is 1.88 bits per heavy atom. The van der Waals surface area contributed by atoms with Gasteiger partial charge in [-0.05, 0) is 6.42 Å². The van der Waals surface area contributed by atoms with Gasteiger partial charge in [0.05, 0.1) is 1.37 Å². The number of aliphatic hydroxyl groups is 1. The van der Waals surface area contributed by atoms with Crippen molar-refractivity contribution in [3.8, 4) is 0 Å². The molecule has 1 N–H and O–H groups in total. The van der Waals surface area contributed by atoms with Gasteiger partial charge < -0.3 is 5.11 Å². The Kier molecular flexibility index (Phi) is 5.29. The lowest BCUT2D eigenvalue weighted by Crippen LogP contribution is -1.81. The van der Waals surface area contributed by atoms with Crippen molar-refractivity contribution in [2.45, 2.75) is 39.0 Å². The van der Waals surface area contributed by atoms with Gasteiger partial charge in [0.25, 0.3) is 0 Å². The maximum Gasteiger partial charge on any atom is 0.0564 e. The minimum Gasteiger partial charge on any atom is -0.396 e. The van der Waals surface area contributed by atoms with Crippen LogP contribution in [-0.4, -0.2) is 11.7 Å². The molecular weight excluding hydrogens is 100 g/mol. The van der Waals surface area contributed by atoms with Crippen LogP contribution in [0.15, 0.2) is 0 Å². The average Bonchev–Trinajstić information content (AvgIpc) is 1.80. The predicted molar refractivity (Wildman–Crippen MR) is 35.8 cm³/mol. The van der Waals surface area contributed by atoms with E-state index in [1.165, 1.54) is 12.8 Å². The van der Waals surface area contributed by atoms with Gasteiger partial charge in [-0.2, -0.15) is 0 Å². The van der Waals surface area contributed by atoms with Crippen LogP contribution in [-0.2, 0) is 0 Å². The molecule has 0 saturated carbocycles. The fraction of sp³-hybridized carbons (Fsp3) is 1.00. The Hall–Kier alpha value is -0.0400. The molecule has 0 amide bonds. The molecule has 0 bridgehead atoms. The van der Waals surface area contributed by atoms with E-state index >= 15 is 0 Å². The fourth-order valence-electron chi connectivity index (χ4n) is 0.662. The quantitative estimate of drug-likeness (QED) is 0.546. The van der Waals surface area contributed by atoms with Crippen LogP contribution >= 0.6 is 0 Å². The van der Waals surface area contributed by atoms with Gasteiger partial charge in [-0.3, -0.25) is 0 Å². The molecule has 0 aliphatic heterocycles. The molecule has 0 heterocycles. The Labute approximate surface area is 53.1 Å². The van der Waals surface area contributed by atoms with Crippen molar-refractivity contribution in [3.63, 3.8) is 0 Å². The summed E-state index contributed by atoms with van der Waals surface area (Å²) in [5.41, 5.74) is 0. The summed E-state index contributed by atoms with van der Waals surface area (Å²) in [6, 6.07) is 0.